The number of rotatable bonds is 1. The molecule has 0 bridgehead atoms. The van der Waals surface area contributed by atoms with E-state index in [1.807, 2.05) is 24.3 Å². The molecule has 0 spiro atoms. The Morgan fingerprint density at radius 1 is 1.22 bits per heavy atom. The zero-order chi connectivity index (χ0) is 12.5. The van der Waals surface area contributed by atoms with Gasteiger partial charge in [0.25, 0.3) is 0 Å². The molecule has 1 aliphatic heterocycles. The van der Waals surface area contributed by atoms with Gasteiger partial charge in [-0.15, -0.1) is 0 Å². The van der Waals surface area contributed by atoms with Crippen molar-refractivity contribution in [2.75, 3.05) is 11.9 Å². The molecule has 0 fully saturated rings. The first-order valence-electron chi connectivity index (χ1n) is 5.68. The lowest BCUT2D eigenvalue weighted by molar-refractivity contribution is 0.210. The summed E-state index contributed by atoms with van der Waals surface area (Å²) in [5, 5.41) is 3.67. The van der Waals surface area contributed by atoms with Gasteiger partial charge in [-0.2, -0.15) is 0 Å². The van der Waals surface area contributed by atoms with Crippen LogP contribution in [0.5, 0.6) is 5.75 Å². The number of halogens is 2. The van der Waals surface area contributed by atoms with E-state index in [0.717, 1.165) is 17.0 Å². The molecule has 1 aliphatic rings. The van der Waals surface area contributed by atoms with Crippen LogP contribution >= 0.6 is 11.6 Å². The topological polar surface area (TPSA) is 21.3 Å². The summed E-state index contributed by atoms with van der Waals surface area (Å²) in [6.07, 6.45) is -0.201. The minimum Gasteiger partial charge on any atom is -0.482 e. The van der Waals surface area contributed by atoms with Gasteiger partial charge in [0.05, 0.1) is 17.3 Å². The highest BCUT2D eigenvalue weighted by atomic mass is 35.5. The van der Waals surface area contributed by atoms with Crippen molar-refractivity contribution < 1.29 is 9.13 Å². The summed E-state index contributed by atoms with van der Waals surface area (Å²) in [7, 11) is 0. The summed E-state index contributed by atoms with van der Waals surface area (Å²) in [6.45, 7) is 0.613. The molecule has 2 aromatic carbocycles. The van der Waals surface area contributed by atoms with Crippen molar-refractivity contribution in [3.05, 3.63) is 58.9 Å². The Bertz CT molecular complexity index is 588. The summed E-state index contributed by atoms with van der Waals surface area (Å²) in [5.41, 5.74) is 1.76. The first kappa shape index (κ1) is 11.4. The van der Waals surface area contributed by atoms with Gasteiger partial charge < -0.3 is 10.1 Å². The van der Waals surface area contributed by atoms with Crippen molar-refractivity contribution in [1.82, 2.24) is 0 Å². The van der Waals surface area contributed by atoms with E-state index in [2.05, 4.69) is 5.32 Å². The van der Waals surface area contributed by atoms with Crippen LogP contribution in [0.4, 0.5) is 10.1 Å². The normalized spacial score (nSPS) is 17.6. The van der Waals surface area contributed by atoms with Crippen LogP contribution in [-0.2, 0) is 0 Å². The predicted molar refractivity (Wildman–Crippen MR) is 69.7 cm³/mol. The molecular formula is C14H11ClFNO. The molecule has 0 saturated heterocycles. The summed E-state index contributed by atoms with van der Waals surface area (Å²) >= 11 is 6.04. The first-order chi connectivity index (χ1) is 8.74. The minimum absolute atomic E-state index is 0.201. The summed E-state index contributed by atoms with van der Waals surface area (Å²) in [6, 6.07) is 12.1. The summed E-state index contributed by atoms with van der Waals surface area (Å²) < 4.78 is 18.9. The highest BCUT2D eigenvalue weighted by molar-refractivity contribution is 6.31. The molecule has 1 atom stereocenters. The molecule has 0 aromatic heterocycles. The smallest absolute Gasteiger partial charge is 0.143 e. The Labute approximate surface area is 109 Å². The van der Waals surface area contributed by atoms with Crippen LogP contribution in [0, 0.1) is 5.82 Å². The second kappa shape index (κ2) is 4.50. The second-order valence-electron chi connectivity index (χ2n) is 4.15. The first-order valence-corrected chi connectivity index (χ1v) is 6.06. The second-order valence-corrected chi connectivity index (χ2v) is 4.56. The Morgan fingerprint density at radius 3 is 2.89 bits per heavy atom. The van der Waals surface area contributed by atoms with E-state index in [-0.39, 0.29) is 11.9 Å². The number of nitrogens with one attached hydrogen (secondary N) is 1. The molecule has 1 unspecified atom stereocenters. The average Bonchev–Trinajstić information content (AvgIpc) is 2.38. The van der Waals surface area contributed by atoms with Gasteiger partial charge in [-0.25, -0.2) is 4.39 Å². The molecule has 0 aliphatic carbocycles. The summed E-state index contributed by atoms with van der Waals surface area (Å²) in [4.78, 5) is 0. The molecule has 2 nitrogen and oxygen atoms in total. The molecule has 0 radical (unpaired) electrons. The molecule has 92 valence electrons. The van der Waals surface area contributed by atoms with Crippen LogP contribution in [0.25, 0.3) is 0 Å². The van der Waals surface area contributed by atoms with E-state index in [9.17, 15) is 4.39 Å². The Balaban J connectivity index is 1.92. The van der Waals surface area contributed by atoms with Gasteiger partial charge in [-0.3, -0.25) is 0 Å². The molecule has 0 amide bonds. The van der Waals surface area contributed by atoms with Crippen LogP contribution in [0.2, 0.25) is 5.02 Å². The molecule has 0 saturated carbocycles. The van der Waals surface area contributed by atoms with Gasteiger partial charge in [0.15, 0.2) is 0 Å². The Kier molecular flexibility index (Phi) is 2.84. The highest BCUT2D eigenvalue weighted by Gasteiger charge is 2.22. The Hall–Kier alpha value is -1.74. The third kappa shape index (κ3) is 2.02. The van der Waals surface area contributed by atoms with Crippen molar-refractivity contribution in [2.45, 2.75) is 6.10 Å². The monoisotopic (exact) mass is 263 g/mol. The van der Waals surface area contributed by atoms with E-state index < -0.39 is 0 Å². The Morgan fingerprint density at radius 2 is 2.06 bits per heavy atom. The zero-order valence-corrected chi connectivity index (χ0v) is 10.2. The van der Waals surface area contributed by atoms with Crippen LogP contribution in [0.3, 0.4) is 0 Å². The van der Waals surface area contributed by atoms with Crippen LogP contribution in [-0.4, -0.2) is 6.54 Å². The molecule has 1 heterocycles. The van der Waals surface area contributed by atoms with E-state index in [1.165, 1.54) is 12.1 Å². The van der Waals surface area contributed by atoms with Crippen molar-refractivity contribution in [1.29, 1.82) is 0 Å². The number of anilines is 1. The number of para-hydroxylation sites is 2. The van der Waals surface area contributed by atoms with E-state index in [4.69, 9.17) is 16.3 Å². The molecule has 18 heavy (non-hydrogen) atoms. The van der Waals surface area contributed by atoms with Crippen molar-refractivity contribution in [3.63, 3.8) is 0 Å². The number of benzene rings is 2. The standard InChI is InChI=1S/C14H11ClFNO/c15-11-7-9(16)5-6-10(11)14-8-17-12-3-1-2-4-13(12)18-14/h1-7,14,17H,8H2. The molecule has 3 rings (SSSR count). The van der Waals surface area contributed by atoms with Crippen molar-refractivity contribution >= 4 is 17.3 Å². The molecule has 1 N–H and O–H groups in total. The average molecular weight is 264 g/mol. The van der Waals surface area contributed by atoms with E-state index in [1.54, 1.807) is 6.07 Å². The maximum atomic E-state index is 13.0. The number of ether oxygens (including phenoxy) is 1. The quantitative estimate of drug-likeness (QED) is 0.839. The van der Waals surface area contributed by atoms with Crippen molar-refractivity contribution in [3.8, 4) is 5.75 Å². The van der Waals surface area contributed by atoms with Gasteiger partial charge in [-0.1, -0.05) is 29.8 Å². The maximum Gasteiger partial charge on any atom is 0.143 e. The van der Waals surface area contributed by atoms with Gasteiger partial charge in [-0.05, 0) is 24.3 Å². The van der Waals surface area contributed by atoms with E-state index >= 15 is 0 Å². The maximum absolute atomic E-state index is 13.0. The SMILES string of the molecule is Fc1ccc(C2CNc3ccccc3O2)c(Cl)c1. The van der Waals surface area contributed by atoms with Crippen molar-refractivity contribution in [2.24, 2.45) is 0 Å². The number of hydrogen-bond donors (Lipinski definition) is 1. The van der Waals surface area contributed by atoms with Crippen LogP contribution in [0.15, 0.2) is 42.5 Å². The third-order valence-electron chi connectivity index (χ3n) is 2.94. The number of hydrogen-bond acceptors (Lipinski definition) is 2. The fraction of sp³-hybridized carbons (Fsp3) is 0.143. The highest BCUT2D eigenvalue weighted by Crippen LogP contribution is 2.35. The molecular weight excluding hydrogens is 253 g/mol. The zero-order valence-electron chi connectivity index (χ0n) is 9.49. The molecule has 4 heteroatoms. The largest absolute Gasteiger partial charge is 0.482 e. The fourth-order valence-corrected chi connectivity index (χ4v) is 2.34. The fourth-order valence-electron chi connectivity index (χ4n) is 2.05. The number of fused-ring (bicyclic) bond motifs is 1. The minimum atomic E-state index is -0.340. The van der Waals surface area contributed by atoms with Crippen LogP contribution < -0.4 is 10.1 Å². The van der Waals surface area contributed by atoms with E-state index in [0.29, 0.717) is 11.6 Å². The third-order valence-corrected chi connectivity index (χ3v) is 3.27. The van der Waals surface area contributed by atoms with Gasteiger partial charge in [0.2, 0.25) is 0 Å². The lowest BCUT2D eigenvalue weighted by atomic mass is 10.1. The van der Waals surface area contributed by atoms with Crippen LogP contribution in [0.1, 0.15) is 11.7 Å². The van der Waals surface area contributed by atoms with Gasteiger partial charge >= 0.3 is 0 Å². The van der Waals surface area contributed by atoms with Gasteiger partial charge in [0.1, 0.15) is 17.7 Å². The molecule has 2 aromatic rings. The lowest BCUT2D eigenvalue weighted by Gasteiger charge is -2.28. The predicted octanol–water partition coefficient (Wildman–Crippen LogP) is 4.02. The summed E-state index contributed by atoms with van der Waals surface area (Å²) in [5.74, 6) is 0.446. The van der Waals surface area contributed by atoms with Gasteiger partial charge in [0, 0.05) is 5.56 Å². The lowest BCUT2D eigenvalue weighted by Crippen LogP contribution is -2.23.